The Labute approximate surface area is 184 Å². The van der Waals surface area contributed by atoms with Gasteiger partial charge in [0, 0.05) is 19.1 Å². The van der Waals surface area contributed by atoms with Crippen molar-refractivity contribution in [3.05, 3.63) is 54.1 Å². The Morgan fingerprint density at radius 3 is 2.48 bits per heavy atom. The molecule has 0 radical (unpaired) electrons. The molecule has 1 saturated heterocycles. The van der Waals surface area contributed by atoms with Crippen LogP contribution in [0.2, 0.25) is 0 Å². The molecule has 31 heavy (non-hydrogen) atoms. The standard InChI is InChI=1S/C23H31N3O4S/c1-3-30-22-13-12-20(31(28,29)26-14-8-5-9-15-26)16-21(22)25-23(27)17-24-18(2)19-10-6-4-7-11-19/h4,6-7,10-13,16,18,24H,3,5,8-9,14-15,17H2,1-2H3,(H,25,27)/t18-/m0/s1. The molecule has 1 atom stereocenters. The molecule has 3 rings (SSSR count). The number of rotatable bonds is 9. The summed E-state index contributed by atoms with van der Waals surface area (Å²) in [4.78, 5) is 12.7. The number of benzene rings is 2. The molecule has 2 aromatic carbocycles. The summed E-state index contributed by atoms with van der Waals surface area (Å²) in [6.07, 6.45) is 2.78. The van der Waals surface area contributed by atoms with Crippen molar-refractivity contribution in [3.8, 4) is 5.75 Å². The molecule has 1 heterocycles. The average Bonchev–Trinajstić information content (AvgIpc) is 2.80. The Morgan fingerprint density at radius 1 is 1.10 bits per heavy atom. The maximum atomic E-state index is 13.0. The molecule has 0 aromatic heterocycles. The highest BCUT2D eigenvalue weighted by Crippen LogP contribution is 2.30. The second-order valence-corrected chi connectivity index (χ2v) is 9.56. The Morgan fingerprint density at radius 2 is 1.81 bits per heavy atom. The molecule has 0 spiro atoms. The minimum Gasteiger partial charge on any atom is -0.492 e. The molecule has 2 aromatic rings. The molecule has 0 bridgehead atoms. The van der Waals surface area contributed by atoms with Crippen molar-refractivity contribution in [2.24, 2.45) is 0 Å². The van der Waals surface area contributed by atoms with Crippen LogP contribution >= 0.6 is 0 Å². The van der Waals surface area contributed by atoms with E-state index in [1.54, 1.807) is 12.1 Å². The lowest BCUT2D eigenvalue weighted by Crippen LogP contribution is -2.35. The van der Waals surface area contributed by atoms with Gasteiger partial charge in [-0.1, -0.05) is 36.8 Å². The van der Waals surface area contributed by atoms with Gasteiger partial charge < -0.3 is 15.4 Å². The van der Waals surface area contributed by atoms with Crippen LogP contribution in [-0.4, -0.2) is 44.9 Å². The third-order valence-electron chi connectivity index (χ3n) is 5.35. The van der Waals surface area contributed by atoms with Crippen LogP contribution in [0.25, 0.3) is 0 Å². The van der Waals surface area contributed by atoms with E-state index in [9.17, 15) is 13.2 Å². The number of sulfonamides is 1. The average molecular weight is 446 g/mol. The predicted octanol–water partition coefficient (Wildman–Crippen LogP) is 3.55. The Bertz CT molecular complexity index is 974. The van der Waals surface area contributed by atoms with Crippen LogP contribution in [0.5, 0.6) is 5.75 Å². The largest absolute Gasteiger partial charge is 0.492 e. The molecule has 1 fully saturated rings. The molecule has 2 N–H and O–H groups in total. The van der Waals surface area contributed by atoms with Crippen LogP contribution in [0, 0.1) is 0 Å². The van der Waals surface area contributed by atoms with Gasteiger partial charge in [-0.3, -0.25) is 4.79 Å². The number of hydrogen-bond donors (Lipinski definition) is 2. The van der Waals surface area contributed by atoms with E-state index in [0.29, 0.717) is 31.1 Å². The number of hydrogen-bond acceptors (Lipinski definition) is 5. The molecule has 0 saturated carbocycles. The van der Waals surface area contributed by atoms with E-state index in [4.69, 9.17) is 4.74 Å². The summed E-state index contributed by atoms with van der Waals surface area (Å²) in [5, 5.41) is 6.00. The number of carbonyl (C=O) groups excluding carboxylic acids is 1. The van der Waals surface area contributed by atoms with Crippen molar-refractivity contribution < 1.29 is 17.9 Å². The van der Waals surface area contributed by atoms with Gasteiger partial charge in [-0.2, -0.15) is 4.31 Å². The summed E-state index contributed by atoms with van der Waals surface area (Å²) in [7, 11) is -3.60. The first-order valence-corrected chi connectivity index (χ1v) is 12.2. The normalized spacial score (nSPS) is 15.9. The van der Waals surface area contributed by atoms with Gasteiger partial charge >= 0.3 is 0 Å². The number of carbonyl (C=O) groups is 1. The van der Waals surface area contributed by atoms with E-state index in [2.05, 4.69) is 10.6 Å². The highest BCUT2D eigenvalue weighted by atomic mass is 32.2. The molecule has 168 valence electrons. The molecule has 8 heteroatoms. The van der Waals surface area contributed by atoms with Gasteiger partial charge in [0.15, 0.2) is 0 Å². The number of nitrogens with one attached hydrogen (secondary N) is 2. The van der Waals surface area contributed by atoms with Crippen molar-refractivity contribution in [2.45, 2.75) is 44.0 Å². The molecule has 0 aliphatic carbocycles. The summed E-state index contributed by atoms with van der Waals surface area (Å²) >= 11 is 0. The van der Waals surface area contributed by atoms with Crippen LogP contribution in [0.1, 0.15) is 44.7 Å². The summed E-state index contributed by atoms with van der Waals surface area (Å²) in [6, 6.07) is 14.5. The van der Waals surface area contributed by atoms with Crippen LogP contribution in [0.4, 0.5) is 5.69 Å². The summed E-state index contributed by atoms with van der Waals surface area (Å²) in [5.74, 6) is 0.181. The fourth-order valence-electron chi connectivity index (χ4n) is 3.60. The highest BCUT2D eigenvalue weighted by Gasteiger charge is 2.27. The zero-order valence-electron chi connectivity index (χ0n) is 18.1. The van der Waals surface area contributed by atoms with Crippen molar-refractivity contribution in [2.75, 3.05) is 31.6 Å². The second kappa shape index (κ2) is 10.7. The molecule has 1 aliphatic heterocycles. The Kier molecular flexibility index (Phi) is 8.06. The lowest BCUT2D eigenvalue weighted by molar-refractivity contribution is -0.115. The topological polar surface area (TPSA) is 87.7 Å². The SMILES string of the molecule is CCOc1ccc(S(=O)(=O)N2CCCCC2)cc1NC(=O)CN[C@@H](C)c1ccccc1. The highest BCUT2D eigenvalue weighted by molar-refractivity contribution is 7.89. The van der Waals surface area contributed by atoms with Gasteiger partial charge in [0.05, 0.1) is 23.7 Å². The summed E-state index contributed by atoms with van der Waals surface area (Å²) < 4.78 is 33.2. The fourth-order valence-corrected chi connectivity index (χ4v) is 5.15. The minimum absolute atomic E-state index is 0.00382. The van der Waals surface area contributed by atoms with Crippen molar-refractivity contribution >= 4 is 21.6 Å². The molecular weight excluding hydrogens is 414 g/mol. The van der Waals surface area contributed by atoms with Gasteiger partial charge in [-0.15, -0.1) is 0 Å². The number of ether oxygens (including phenoxy) is 1. The summed E-state index contributed by atoms with van der Waals surface area (Å²) in [6.45, 7) is 5.37. The van der Waals surface area contributed by atoms with Crippen LogP contribution in [-0.2, 0) is 14.8 Å². The Hall–Kier alpha value is -2.42. The number of piperidine rings is 1. The zero-order chi connectivity index (χ0) is 22.3. The van der Waals surface area contributed by atoms with E-state index < -0.39 is 10.0 Å². The minimum atomic E-state index is -3.60. The first kappa shape index (κ1) is 23.2. The maximum absolute atomic E-state index is 13.0. The molecule has 0 unspecified atom stereocenters. The molecule has 1 amide bonds. The maximum Gasteiger partial charge on any atom is 0.243 e. The third-order valence-corrected chi connectivity index (χ3v) is 7.24. The van der Waals surface area contributed by atoms with Crippen LogP contribution < -0.4 is 15.4 Å². The number of amides is 1. The zero-order valence-corrected chi connectivity index (χ0v) is 19.0. The van der Waals surface area contributed by atoms with E-state index >= 15 is 0 Å². The van der Waals surface area contributed by atoms with Crippen molar-refractivity contribution in [1.82, 2.24) is 9.62 Å². The third kappa shape index (κ3) is 6.06. The molecule has 1 aliphatic rings. The number of anilines is 1. The first-order valence-electron chi connectivity index (χ1n) is 10.8. The van der Waals surface area contributed by atoms with Crippen molar-refractivity contribution in [1.29, 1.82) is 0 Å². The van der Waals surface area contributed by atoms with E-state index in [1.807, 2.05) is 44.2 Å². The van der Waals surface area contributed by atoms with Gasteiger partial charge in [0.1, 0.15) is 5.75 Å². The fraction of sp³-hybridized carbons (Fsp3) is 0.435. The Balaban J connectivity index is 1.72. The summed E-state index contributed by atoms with van der Waals surface area (Å²) in [5.41, 5.74) is 1.44. The van der Waals surface area contributed by atoms with E-state index in [-0.39, 0.29) is 23.4 Å². The predicted molar refractivity (Wildman–Crippen MR) is 122 cm³/mol. The van der Waals surface area contributed by atoms with Crippen LogP contribution in [0.15, 0.2) is 53.4 Å². The quantitative estimate of drug-likeness (QED) is 0.616. The van der Waals surface area contributed by atoms with Crippen molar-refractivity contribution in [3.63, 3.8) is 0 Å². The lowest BCUT2D eigenvalue weighted by Gasteiger charge is -2.26. The van der Waals surface area contributed by atoms with Gasteiger partial charge in [-0.05, 0) is 50.5 Å². The number of nitrogens with zero attached hydrogens (tertiary/aromatic N) is 1. The molecule has 7 nitrogen and oxygen atoms in total. The second-order valence-electron chi connectivity index (χ2n) is 7.62. The van der Waals surface area contributed by atoms with Crippen LogP contribution in [0.3, 0.4) is 0 Å². The smallest absolute Gasteiger partial charge is 0.243 e. The van der Waals surface area contributed by atoms with Gasteiger partial charge in [0.25, 0.3) is 0 Å². The van der Waals surface area contributed by atoms with Gasteiger partial charge in [-0.25, -0.2) is 8.42 Å². The lowest BCUT2D eigenvalue weighted by atomic mass is 10.1. The molecular formula is C23H31N3O4S. The van der Waals surface area contributed by atoms with E-state index in [0.717, 1.165) is 24.8 Å². The van der Waals surface area contributed by atoms with Gasteiger partial charge in [0.2, 0.25) is 15.9 Å². The first-order chi connectivity index (χ1) is 14.9. The monoisotopic (exact) mass is 445 g/mol. The van der Waals surface area contributed by atoms with E-state index in [1.165, 1.54) is 10.4 Å².